The second kappa shape index (κ2) is 14.8. The highest BCUT2D eigenvalue weighted by molar-refractivity contribution is 6.00. The van der Waals surface area contributed by atoms with Gasteiger partial charge in [0.1, 0.15) is 11.6 Å². The largest absolute Gasteiger partial charge is 0.395 e. The molecule has 3 atom stereocenters. The molecule has 4 N–H and O–H groups in total. The fourth-order valence-corrected chi connectivity index (χ4v) is 4.12. The van der Waals surface area contributed by atoms with E-state index >= 15 is 0 Å². The number of nitrogens with one attached hydrogen (secondary N) is 2. The maximum atomic E-state index is 13.8. The Morgan fingerprint density at radius 1 is 0.973 bits per heavy atom. The summed E-state index contributed by atoms with van der Waals surface area (Å²) in [4.78, 5) is 28.1. The van der Waals surface area contributed by atoms with Gasteiger partial charge in [-0.15, -0.1) is 0 Å². The third kappa shape index (κ3) is 9.50. The summed E-state index contributed by atoms with van der Waals surface area (Å²) < 4.78 is 27.6. The minimum absolute atomic E-state index is 0.0326. The Bertz CT molecular complexity index is 1020. The molecule has 2 aromatic carbocycles. The van der Waals surface area contributed by atoms with Gasteiger partial charge in [0.25, 0.3) is 11.8 Å². The van der Waals surface area contributed by atoms with Gasteiger partial charge in [0.15, 0.2) is 0 Å². The molecule has 7 nitrogen and oxygen atoms in total. The van der Waals surface area contributed by atoms with E-state index in [1.165, 1.54) is 6.07 Å². The van der Waals surface area contributed by atoms with Crippen LogP contribution in [0, 0.1) is 18.6 Å². The molecule has 0 heterocycles. The number of carbonyl (C=O) groups is 2. The van der Waals surface area contributed by atoms with Crippen LogP contribution in [-0.2, 0) is 6.42 Å². The molecule has 204 valence electrons. The zero-order valence-electron chi connectivity index (χ0n) is 22.1. The molecule has 0 aliphatic carbocycles. The lowest BCUT2D eigenvalue weighted by Crippen LogP contribution is -2.50. The van der Waals surface area contributed by atoms with Crippen molar-refractivity contribution in [1.29, 1.82) is 0 Å². The Hall–Kier alpha value is -2.88. The fraction of sp³-hybridized carbons (Fsp3) is 0.500. The summed E-state index contributed by atoms with van der Waals surface area (Å²) in [5.41, 5.74) is 1.64. The molecule has 0 fully saturated rings. The number of carbonyl (C=O) groups excluding carboxylic acids is 2. The normalized spacial score (nSPS) is 13.6. The van der Waals surface area contributed by atoms with Crippen LogP contribution in [0.15, 0.2) is 36.4 Å². The Kier molecular flexibility index (Phi) is 12.1. The number of rotatable bonds is 14. The van der Waals surface area contributed by atoms with Gasteiger partial charge in [0.05, 0.1) is 18.8 Å². The van der Waals surface area contributed by atoms with Gasteiger partial charge in [0.2, 0.25) is 0 Å². The molecule has 0 aliphatic rings. The summed E-state index contributed by atoms with van der Waals surface area (Å²) >= 11 is 0. The lowest BCUT2D eigenvalue weighted by atomic mass is 9.99. The predicted molar refractivity (Wildman–Crippen MR) is 140 cm³/mol. The van der Waals surface area contributed by atoms with E-state index in [-0.39, 0.29) is 42.6 Å². The molecule has 9 heteroatoms. The maximum absolute atomic E-state index is 13.8. The van der Waals surface area contributed by atoms with Gasteiger partial charge in [-0.3, -0.25) is 9.59 Å². The molecule has 0 saturated carbocycles. The molecule has 2 amide bonds. The zero-order chi connectivity index (χ0) is 27.5. The predicted octanol–water partition coefficient (Wildman–Crippen LogP) is 3.21. The number of halogens is 2. The summed E-state index contributed by atoms with van der Waals surface area (Å²) in [5, 5.41) is 25.8. The van der Waals surface area contributed by atoms with Crippen molar-refractivity contribution in [3.63, 3.8) is 0 Å². The van der Waals surface area contributed by atoms with Crippen LogP contribution in [-0.4, -0.2) is 71.4 Å². The van der Waals surface area contributed by atoms with E-state index in [2.05, 4.69) is 10.6 Å². The molecule has 2 aromatic rings. The van der Waals surface area contributed by atoms with Crippen LogP contribution in [0.25, 0.3) is 0 Å². The highest BCUT2D eigenvalue weighted by Gasteiger charge is 2.24. The van der Waals surface area contributed by atoms with Gasteiger partial charge < -0.3 is 25.7 Å². The number of benzene rings is 2. The summed E-state index contributed by atoms with van der Waals surface area (Å²) in [6, 6.07) is 6.77. The summed E-state index contributed by atoms with van der Waals surface area (Å²) in [5.74, 6) is -2.19. The van der Waals surface area contributed by atoms with E-state index < -0.39 is 29.7 Å². The number of aliphatic hydroxyl groups excluding tert-OH is 2. The van der Waals surface area contributed by atoms with Gasteiger partial charge >= 0.3 is 0 Å². The molecule has 2 rings (SSSR count). The number of aliphatic hydroxyl groups is 2. The lowest BCUT2D eigenvalue weighted by Gasteiger charge is -2.26. The van der Waals surface area contributed by atoms with Crippen molar-refractivity contribution in [1.82, 2.24) is 15.5 Å². The molecule has 0 radical (unpaired) electrons. The van der Waals surface area contributed by atoms with E-state index in [1.807, 2.05) is 13.8 Å². The van der Waals surface area contributed by atoms with Crippen molar-refractivity contribution in [3.8, 4) is 0 Å². The third-order valence-electron chi connectivity index (χ3n) is 5.97. The Balaban J connectivity index is 2.30. The lowest BCUT2D eigenvalue weighted by molar-refractivity contribution is 0.0755. The van der Waals surface area contributed by atoms with Gasteiger partial charge in [-0.1, -0.05) is 13.8 Å². The first kappa shape index (κ1) is 30.3. The highest BCUT2D eigenvalue weighted by atomic mass is 19.1. The molecule has 0 aliphatic heterocycles. The first-order chi connectivity index (χ1) is 17.6. The van der Waals surface area contributed by atoms with Crippen LogP contribution in [0.2, 0.25) is 0 Å². The van der Waals surface area contributed by atoms with Crippen LogP contribution in [0.3, 0.4) is 0 Å². The first-order valence-electron chi connectivity index (χ1n) is 12.8. The highest BCUT2D eigenvalue weighted by Crippen LogP contribution is 2.16. The molecular weight excluding hydrogens is 480 g/mol. The topological polar surface area (TPSA) is 102 Å². The molecular formula is C28H39F2N3O4. The second-order valence-corrected chi connectivity index (χ2v) is 9.50. The summed E-state index contributed by atoms with van der Waals surface area (Å²) in [7, 11) is 0. The van der Waals surface area contributed by atoms with Crippen molar-refractivity contribution in [2.75, 3.05) is 26.2 Å². The van der Waals surface area contributed by atoms with Crippen LogP contribution >= 0.6 is 0 Å². The maximum Gasteiger partial charge on any atom is 0.253 e. The first-order valence-corrected chi connectivity index (χ1v) is 12.8. The quantitative estimate of drug-likeness (QED) is 0.307. The van der Waals surface area contributed by atoms with Crippen molar-refractivity contribution in [3.05, 3.63) is 70.3 Å². The monoisotopic (exact) mass is 519 g/mol. The van der Waals surface area contributed by atoms with Crippen molar-refractivity contribution in [2.24, 2.45) is 0 Å². The SMILES string of the molecule is CCCN(CCC)C(=O)c1cc(C)cc(C(=O)N[C@@H](Cc2cc(F)cc(F)c2)[C@H](O)CN[C@@H](C)CO)c1. The molecule has 0 bridgehead atoms. The second-order valence-electron chi connectivity index (χ2n) is 9.50. The van der Waals surface area contributed by atoms with E-state index in [9.17, 15) is 28.6 Å². The van der Waals surface area contributed by atoms with Crippen molar-refractivity contribution < 1.29 is 28.6 Å². The standard InChI is InChI=1S/C28H39F2N3O4/c1-5-7-33(8-6-2)28(37)22-10-18(3)9-21(14-22)27(36)32-25(26(35)16-31-19(4)17-34)13-20-11-23(29)15-24(30)12-20/h9-12,14-15,19,25-26,31,34-35H,5-8,13,16-17H2,1-4H3,(H,32,36)/t19-,25-,26+/m0/s1. The Morgan fingerprint density at radius 2 is 1.57 bits per heavy atom. The number of nitrogens with zero attached hydrogens (tertiary/aromatic N) is 1. The van der Waals surface area contributed by atoms with Gasteiger partial charge in [0, 0.05) is 42.9 Å². The minimum atomic E-state index is -1.13. The van der Waals surface area contributed by atoms with E-state index in [0.717, 1.165) is 36.6 Å². The van der Waals surface area contributed by atoms with Crippen LogP contribution in [0.4, 0.5) is 8.78 Å². The number of hydrogen-bond acceptors (Lipinski definition) is 5. The van der Waals surface area contributed by atoms with Crippen molar-refractivity contribution >= 4 is 11.8 Å². The van der Waals surface area contributed by atoms with Gasteiger partial charge in [-0.2, -0.15) is 0 Å². The third-order valence-corrected chi connectivity index (χ3v) is 5.97. The van der Waals surface area contributed by atoms with Gasteiger partial charge in [-0.05, 0) is 74.6 Å². The fourth-order valence-electron chi connectivity index (χ4n) is 4.12. The molecule has 0 unspecified atom stereocenters. The van der Waals surface area contributed by atoms with Crippen LogP contribution in [0.1, 0.15) is 65.5 Å². The van der Waals surface area contributed by atoms with E-state index in [1.54, 1.807) is 30.9 Å². The van der Waals surface area contributed by atoms with Crippen LogP contribution in [0.5, 0.6) is 0 Å². The smallest absolute Gasteiger partial charge is 0.253 e. The average molecular weight is 520 g/mol. The average Bonchev–Trinajstić information content (AvgIpc) is 2.85. The van der Waals surface area contributed by atoms with Crippen molar-refractivity contribution in [2.45, 2.75) is 65.1 Å². The molecule has 37 heavy (non-hydrogen) atoms. The zero-order valence-corrected chi connectivity index (χ0v) is 22.1. The van der Waals surface area contributed by atoms with Crippen LogP contribution < -0.4 is 10.6 Å². The van der Waals surface area contributed by atoms with Gasteiger partial charge in [-0.25, -0.2) is 8.78 Å². The summed E-state index contributed by atoms with van der Waals surface area (Å²) in [6.07, 6.45) is 0.469. The molecule has 0 aromatic heterocycles. The Morgan fingerprint density at radius 3 is 2.14 bits per heavy atom. The number of hydrogen-bond donors (Lipinski definition) is 4. The van der Waals surface area contributed by atoms with E-state index in [0.29, 0.717) is 18.7 Å². The Labute approximate surface area is 217 Å². The minimum Gasteiger partial charge on any atom is -0.395 e. The number of aryl methyl sites for hydroxylation is 1. The number of amides is 2. The van der Waals surface area contributed by atoms with E-state index in [4.69, 9.17) is 0 Å². The molecule has 0 saturated heterocycles. The summed E-state index contributed by atoms with van der Waals surface area (Å²) in [6.45, 7) is 8.62. The molecule has 0 spiro atoms.